The van der Waals surface area contributed by atoms with Crippen LogP contribution in [0, 0.1) is 0 Å². The van der Waals surface area contributed by atoms with Crippen LogP contribution in [0.2, 0.25) is 0 Å². The minimum Gasteiger partial charge on any atom is -0.465 e. The van der Waals surface area contributed by atoms with E-state index in [-0.39, 0.29) is 11.5 Å². The van der Waals surface area contributed by atoms with E-state index in [9.17, 15) is 9.59 Å². The SMILES string of the molecule is CCc1ccc(NC(=O)c2ccccc2C(=O)OC)cc1. The van der Waals surface area contributed by atoms with Crippen LogP contribution in [0.1, 0.15) is 33.2 Å². The minimum atomic E-state index is -0.526. The average Bonchev–Trinajstić information content (AvgIpc) is 2.54. The lowest BCUT2D eigenvalue weighted by Gasteiger charge is -2.09. The Labute approximate surface area is 123 Å². The molecule has 0 fully saturated rings. The smallest absolute Gasteiger partial charge is 0.338 e. The van der Waals surface area contributed by atoms with Crippen molar-refractivity contribution >= 4 is 17.6 Å². The zero-order valence-electron chi connectivity index (χ0n) is 12.1. The lowest BCUT2D eigenvalue weighted by molar-refractivity contribution is 0.0597. The van der Waals surface area contributed by atoms with Gasteiger partial charge in [-0.3, -0.25) is 4.79 Å². The molecule has 0 heterocycles. The molecule has 0 aliphatic rings. The quantitative estimate of drug-likeness (QED) is 0.876. The number of carbonyl (C=O) groups excluding carboxylic acids is 2. The molecule has 0 aliphatic heterocycles. The summed E-state index contributed by atoms with van der Waals surface area (Å²) in [5.41, 5.74) is 2.44. The van der Waals surface area contributed by atoms with Crippen LogP contribution >= 0.6 is 0 Å². The summed E-state index contributed by atoms with van der Waals surface area (Å²) in [4.78, 5) is 24.0. The van der Waals surface area contributed by atoms with E-state index < -0.39 is 5.97 Å². The summed E-state index contributed by atoms with van der Waals surface area (Å²) >= 11 is 0. The summed E-state index contributed by atoms with van der Waals surface area (Å²) in [7, 11) is 1.29. The molecular weight excluding hydrogens is 266 g/mol. The number of hydrogen-bond donors (Lipinski definition) is 1. The summed E-state index contributed by atoms with van der Waals surface area (Å²) in [6.45, 7) is 2.07. The number of amides is 1. The molecule has 2 aromatic rings. The van der Waals surface area contributed by atoms with E-state index in [2.05, 4.69) is 17.0 Å². The Balaban J connectivity index is 2.22. The Morgan fingerprint density at radius 2 is 1.62 bits per heavy atom. The summed E-state index contributed by atoms with van der Waals surface area (Å²) in [5.74, 6) is -0.859. The maximum Gasteiger partial charge on any atom is 0.338 e. The Bertz CT molecular complexity index is 647. The molecule has 0 saturated heterocycles. The van der Waals surface area contributed by atoms with Crippen LogP contribution in [-0.2, 0) is 11.2 Å². The summed E-state index contributed by atoms with van der Waals surface area (Å²) in [6, 6.07) is 14.2. The maximum atomic E-state index is 12.3. The van der Waals surface area contributed by atoms with Crippen LogP contribution in [0.4, 0.5) is 5.69 Å². The van der Waals surface area contributed by atoms with Crippen LogP contribution in [-0.4, -0.2) is 19.0 Å². The first-order chi connectivity index (χ1) is 10.2. The van der Waals surface area contributed by atoms with E-state index in [1.165, 1.54) is 12.7 Å². The van der Waals surface area contributed by atoms with E-state index in [1.807, 2.05) is 24.3 Å². The molecule has 0 spiro atoms. The number of ether oxygens (including phenoxy) is 1. The number of nitrogens with one attached hydrogen (secondary N) is 1. The van der Waals surface area contributed by atoms with Crippen molar-refractivity contribution in [3.63, 3.8) is 0 Å². The molecule has 2 rings (SSSR count). The predicted molar refractivity (Wildman–Crippen MR) is 81.6 cm³/mol. The monoisotopic (exact) mass is 283 g/mol. The first-order valence-corrected chi connectivity index (χ1v) is 6.73. The number of hydrogen-bond acceptors (Lipinski definition) is 3. The standard InChI is InChI=1S/C17H17NO3/c1-3-12-8-10-13(11-9-12)18-16(19)14-6-4-5-7-15(14)17(20)21-2/h4-11H,3H2,1-2H3,(H,18,19). The second kappa shape index (κ2) is 6.70. The number of methoxy groups -OCH3 is 1. The molecule has 1 amide bonds. The van der Waals surface area contributed by atoms with Crippen molar-refractivity contribution < 1.29 is 14.3 Å². The van der Waals surface area contributed by atoms with Gasteiger partial charge < -0.3 is 10.1 Å². The second-order valence-corrected chi connectivity index (χ2v) is 4.54. The molecule has 0 atom stereocenters. The van der Waals surface area contributed by atoms with Crippen molar-refractivity contribution in [3.05, 3.63) is 65.2 Å². The van der Waals surface area contributed by atoms with Crippen LogP contribution < -0.4 is 5.32 Å². The highest BCUT2D eigenvalue weighted by molar-refractivity contribution is 6.11. The molecule has 0 radical (unpaired) electrons. The van der Waals surface area contributed by atoms with Crippen molar-refractivity contribution in [1.29, 1.82) is 0 Å². The maximum absolute atomic E-state index is 12.3. The van der Waals surface area contributed by atoms with Gasteiger partial charge >= 0.3 is 5.97 Å². The summed E-state index contributed by atoms with van der Waals surface area (Å²) < 4.78 is 4.69. The van der Waals surface area contributed by atoms with Crippen LogP contribution in [0.5, 0.6) is 0 Å². The van der Waals surface area contributed by atoms with Gasteiger partial charge in [-0.1, -0.05) is 31.2 Å². The molecule has 1 N–H and O–H groups in total. The van der Waals surface area contributed by atoms with E-state index in [0.29, 0.717) is 11.3 Å². The van der Waals surface area contributed by atoms with Crippen molar-refractivity contribution in [2.24, 2.45) is 0 Å². The van der Waals surface area contributed by atoms with Crippen molar-refractivity contribution in [1.82, 2.24) is 0 Å². The fourth-order valence-corrected chi connectivity index (χ4v) is 1.99. The second-order valence-electron chi connectivity index (χ2n) is 4.54. The van der Waals surface area contributed by atoms with Crippen molar-refractivity contribution in [2.45, 2.75) is 13.3 Å². The first-order valence-electron chi connectivity index (χ1n) is 6.73. The van der Waals surface area contributed by atoms with Crippen LogP contribution in [0.3, 0.4) is 0 Å². The largest absolute Gasteiger partial charge is 0.465 e. The topological polar surface area (TPSA) is 55.4 Å². The van der Waals surface area contributed by atoms with Crippen LogP contribution in [0.15, 0.2) is 48.5 Å². The van der Waals surface area contributed by atoms with Gasteiger partial charge in [-0.25, -0.2) is 4.79 Å². The summed E-state index contributed by atoms with van der Waals surface area (Å²) in [6.07, 6.45) is 0.944. The lowest BCUT2D eigenvalue weighted by atomic mass is 10.1. The molecule has 4 heteroatoms. The minimum absolute atomic E-state index is 0.252. The molecule has 4 nitrogen and oxygen atoms in total. The lowest BCUT2D eigenvalue weighted by Crippen LogP contribution is -2.17. The third kappa shape index (κ3) is 3.48. The van der Waals surface area contributed by atoms with Gasteiger partial charge in [0.15, 0.2) is 0 Å². The van der Waals surface area contributed by atoms with Gasteiger partial charge in [-0.05, 0) is 36.2 Å². The fraction of sp³-hybridized carbons (Fsp3) is 0.176. The van der Waals surface area contributed by atoms with Gasteiger partial charge in [-0.2, -0.15) is 0 Å². The van der Waals surface area contributed by atoms with Gasteiger partial charge in [-0.15, -0.1) is 0 Å². The normalized spacial score (nSPS) is 10.0. The molecule has 0 bridgehead atoms. The van der Waals surface area contributed by atoms with Gasteiger partial charge in [0.2, 0.25) is 0 Å². The van der Waals surface area contributed by atoms with Crippen molar-refractivity contribution in [3.8, 4) is 0 Å². The van der Waals surface area contributed by atoms with E-state index >= 15 is 0 Å². The molecule has 108 valence electrons. The fourth-order valence-electron chi connectivity index (χ4n) is 1.99. The summed E-state index contributed by atoms with van der Waals surface area (Å²) in [5, 5.41) is 2.78. The van der Waals surface area contributed by atoms with E-state index in [0.717, 1.165) is 6.42 Å². The third-order valence-corrected chi connectivity index (χ3v) is 3.20. The Hall–Kier alpha value is -2.62. The number of rotatable bonds is 4. The number of esters is 1. The number of anilines is 1. The highest BCUT2D eigenvalue weighted by atomic mass is 16.5. The molecule has 2 aromatic carbocycles. The van der Waals surface area contributed by atoms with Gasteiger partial charge in [0.1, 0.15) is 0 Å². The first kappa shape index (κ1) is 14.8. The molecule has 0 aromatic heterocycles. The van der Waals surface area contributed by atoms with Gasteiger partial charge in [0.25, 0.3) is 5.91 Å². The number of benzene rings is 2. The Morgan fingerprint density at radius 1 is 1.00 bits per heavy atom. The molecule has 0 aliphatic carbocycles. The highest BCUT2D eigenvalue weighted by Crippen LogP contribution is 2.15. The molecule has 0 unspecified atom stereocenters. The number of carbonyl (C=O) groups is 2. The van der Waals surface area contributed by atoms with Gasteiger partial charge in [0.05, 0.1) is 18.2 Å². The molecular formula is C17H17NO3. The van der Waals surface area contributed by atoms with Crippen LogP contribution in [0.25, 0.3) is 0 Å². The highest BCUT2D eigenvalue weighted by Gasteiger charge is 2.16. The van der Waals surface area contributed by atoms with Gasteiger partial charge in [0, 0.05) is 5.69 Å². The predicted octanol–water partition coefficient (Wildman–Crippen LogP) is 3.29. The Morgan fingerprint density at radius 3 is 2.19 bits per heavy atom. The number of aryl methyl sites for hydroxylation is 1. The Kier molecular flexibility index (Phi) is 4.72. The van der Waals surface area contributed by atoms with E-state index in [1.54, 1.807) is 24.3 Å². The third-order valence-electron chi connectivity index (χ3n) is 3.20. The molecule has 0 saturated carbocycles. The van der Waals surface area contributed by atoms with Crippen molar-refractivity contribution in [2.75, 3.05) is 12.4 Å². The van der Waals surface area contributed by atoms with E-state index in [4.69, 9.17) is 0 Å². The zero-order chi connectivity index (χ0) is 15.2. The molecule has 21 heavy (non-hydrogen) atoms. The average molecular weight is 283 g/mol. The zero-order valence-corrected chi connectivity index (χ0v) is 12.1.